The van der Waals surface area contributed by atoms with Crippen LogP contribution in [0, 0.1) is 5.82 Å². The molecule has 0 aliphatic carbocycles. The molecule has 0 aromatic heterocycles. The van der Waals surface area contributed by atoms with Gasteiger partial charge < -0.3 is 4.74 Å². The minimum Gasteiger partial charge on any atom is -0.446 e. The fourth-order valence-corrected chi connectivity index (χ4v) is 2.92. The molecule has 1 unspecified atom stereocenters. The number of imide groups is 1. The van der Waals surface area contributed by atoms with Crippen molar-refractivity contribution in [1.82, 2.24) is 4.90 Å². The van der Waals surface area contributed by atoms with Crippen molar-refractivity contribution in [2.24, 2.45) is 0 Å². The molecule has 1 heterocycles. The summed E-state index contributed by atoms with van der Waals surface area (Å²) in [5.74, 6) is -0.939. The van der Waals surface area contributed by atoms with E-state index in [4.69, 9.17) is 4.74 Å². The lowest BCUT2D eigenvalue weighted by molar-refractivity contribution is -0.129. The summed E-state index contributed by atoms with van der Waals surface area (Å²) in [5, 5.41) is 0. The molecule has 1 saturated heterocycles. The lowest BCUT2D eigenvalue weighted by Gasteiger charge is -2.19. The number of hydrogen-bond acceptors (Lipinski definition) is 4. The molecule has 0 spiro atoms. The first kappa shape index (κ1) is 17.8. The van der Waals surface area contributed by atoms with Gasteiger partial charge in [-0.3, -0.25) is 9.59 Å². The van der Waals surface area contributed by atoms with E-state index in [1.807, 2.05) is 30.3 Å². The van der Waals surface area contributed by atoms with Crippen molar-refractivity contribution in [3.05, 3.63) is 71.5 Å². The predicted molar refractivity (Wildman–Crippen MR) is 92.0 cm³/mol. The Labute approximate surface area is 150 Å². The number of halogens is 1. The quantitative estimate of drug-likeness (QED) is 0.737. The van der Waals surface area contributed by atoms with Crippen molar-refractivity contribution in [1.29, 1.82) is 0 Å². The number of cyclic esters (lactones) is 1. The molecule has 0 radical (unpaired) electrons. The fraction of sp³-hybridized carbons (Fsp3) is 0.250. The van der Waals surface area contributed by atoms with Crippen LogP contribution in [0.5, 0.6) is 0 Å². The number of carbonyl (C=O) groups is 3. The van der Waals surface area contributed by atoms with Crippen LogP contribution in [0.25, 0.3) is 0 Å². The van der Waals surface area contributed by atoms with Crippen LogP contribution in [-0.2, 0) is 9.53 Å². The third-order valence-electron chi connectivity index (χ3n) is 4.29. The van der Waals surface area contributed by atoms with Gasteiger partial charge in [0.25, 0.3) is 0 Å². The monoisotopic (exact) mass is 355 g/mol. The average Bonchev–Trinajstić information content (AvgIpc) is 3.04. The van der Waals surface area contributed by atoms with Gasteiger partial charge >= 0.3 is 6.09 Å². The number of carbonyl (C=O) groups excluding carboxylic acids is 3. The Morgan fingerprint density at radius 1 is 1.04 bits per heavy atom. The number of benzene rings is 2. The first-order valence-electron chi connectivity index (χ1n) is 8.39. The van der Waals surface area contributed by atoms with Crippen LogP contribution in [0.2, 0.25) is 0 Å². The largest absolute Gasteiger partial charge is 0.446 e. The van der Waals surface area contributed by atoms with Gasteiger partial charge in [0.05, 0.1) is 0 Å². The van der Waals surface area contributed by atoms with Crippen LogP contribution in [0.4, 0.5) is 9.18 Å². The lowest BCUT2D eigenvalue weighted by Crippen LogP contribution is -2.34. The molecular formula is C20H18FNO4. The zero-order chi connectivity index (χ0) is 18.5. The Morgan fingerprint density at radius 2 is 1.73 bits per heavy atom. The first-order valence-corrected chi connectivity index (χ1v) is 8.39. The molecule has 2 aromatic rings. The molecule has 2 amide bonds. The Kier molecular flexibility index (Phi) is 5.41. The smallest absolute Gasteiger partial charge is 0.417 e. The highest BCUT2D eigenvalue weighted by Gasteiger charge is 2.38. The standard InChI is InChI=1S/C20H18FNO4/c21-16-11-9-15(10-12-16)18(23)7-4-8-19(24)22-17(13-26-20(22)25)14-5-2-1-3-6-14/h1-3,5-6,9-12,17H,4,7-8,13H2. The number of amides is 2. The highest BCUT2D eigenvalue weighted by molar-refractivity contribution is 5.97. The minimum absolute atomic E-state index is 0.0609. The molecule has 2 aromatic carbocycles. The van der Waals surface area contributed by atoms with Gasteiger partial charge in [0.2, 0.25) is 5.91 Å². The molecule has 3 rings (SSSR count). The van der Waals surface area contributed by atoms with Crippen molar-refractivity contribution >= 4 is 17.8 Å². The Hall–Kier alpha value is -3.02. The van der Waals surface area contributed by atoms with Crippen molar-refractivity contribution in [3.63, 3.8) is 0 Å². The zero-order valence-electron chi connectivity index (χ0n) is 14.1. The van der Waals surface area contributed by atoms with E-state index in [2.05, 4.69) is 0 Å². The topological polar surface area (TPSA) is 63.7 Å². The number of ketones is 1. The summed E-state index contributed by atoms with van der Waals surface area (Å²) in [5.41, 5.74) is 1.23. The highest BCUT2D eigenvalue weighted by atomic mass is 19.1. The van der Waals surface area contributed by atoms with Crippen molar-refractivity contribution < 1.29 is 23.5 Å². The van der Waals surface area contributed by atoms with Gasteiger partial charge in [-0.15, -0.1) is 0 Å². The van der Waals surface area contributed by atoms with Crippen LogP contribution in [0.1, 0.15) is 41.2 Å². The van der Waals surface area contributed by atoms with E-state index in [1.165, 1.54) is 24.3 Å². The number of ether oxygens (including phenoxy) is 1. The molecule has 1 aliphatic rings. The van der Waals surface area contributed by atoms with E-state index in [0.717, 1.165) is 10.5 Å². The summed E-state index contributed by atoms with van der Waals surface area (Å²) in [6, 6.07) is 14.1. The summed E-state index contributed by atoms with van der Waals surface area (Å²) >= 11 is 0. The summed E-state index contributed by atoms with van der Waals surface area (Å²) in [4.78, 5) is 37.6. The minimum atomic E-state index is -0.659. The molecule has 5 nitrogen and oxygen atoms in total. The zero-order valence-corrected chi connectivity index (χ0v) is 14.1. The maximum Gasteiger partial charge on any atom is 0.417 e. The number of nitrogens with zero attached hydrogens (tertiary/aromatic N) is 1. The normalized spacial score (nSPS) is 16.4. The summed E-state index contributed by atoms with van der Waals surface area (Å²) in [7, 11) is 0. The van der Waals surface area contributed by atoms with Gasteiger partial charge in [0, 0.05) is 18.4 Å². The van der Waals surface area contributed by atoms with Gasteiger partial charge in [-0.1, -0.05) is 30.3 Å². The molecule has 1 fully saturated rings. The average molecular weight is 355 g/mol. The molecule has 134 valence electrons. The van der Waals surface area contributed by atoms with Crippen molar-refractivity contribution in [2.45, 2.75) is 25.3 Å². The fourth-order valence-electron chi connectivity index (χ4n) is 2.92. The Morgan fingerprint density at radius 3 is 2.42 bits per heavy atom. The SMILES string of the molecule is O=C(CCCC(=O)N1C(=O)OCC1c1ccccc1)c1ccc(F)cc1. The van der Waals surface area contributed by atoms with Crippen LogP contribution >= 0.6 is 0 Å². The van der Waals surface area contributed by atoms with Gasteiger partial charge in [0.15, 0.2) is 5.78 Å². The second-order valence-electron chi connectivity index (χ2n) is 6.05. The van der Waals surface area contributed by atoms with Crippen molar-refractivity contribution in [3.8, 4) is 0 Å². The van der Waals surface area contributed by atoms with E-state index in [9.17, 15) is 18.8 Å². The maximum atomic E-state index is 12.9. The van der Waals surface area contributed by atoms with E-state index in [0.29, 0.717) is 12.0 Å². The molecule has 0 bridgehead atoms. The second kappa shape index (κ2) is 7.91. The molecule has 0 saturated carbocycles. The van der Waals surface area contributed by atoms with Gasteiger partial charge in [-0.2, -0.15) is 0 Å². The van der Waals surface area contributed by atoms with Gasteiger partial charge in [0.1, 0.15) is 18.5 Å². The third kappa shape index (κ3) is 3.96. The summed E-state index contributed by atoms with van der Waals surface area (Å²) in [6.07, 6.45) is -0.143. The maximum absolute atomic E-state index is 12.9. The Balaban J connectivity index is 1.57. The van der Waals surface area contributed by atoms with E-state index in [1.54, 1.807) is 0 Å². The number of Topliss-reactive ketones (excluding diaryl/α,β-unsaturated/α-hetero) is 1. The van der Waals surface area contributed by atoms with Gasteiger partial charge in [-0.05, 0) is 36.2 Å². The van der Waals surface area contributed by atoms with E-state index < -0.39 is 18.0 Å². The molecule has 0 N–H and O–H groups in total. The molecule has 26 heavy (non-hydrogen) atoms. The second-order valence-corrected chi connectivity index (χ2v) is 6.05. The lowest BCUT2D eigenvalue weighted by atomic mass is 10.0. The number of hydrogen-bond donors (Lipinski definition) is 0. The van der Waals surface area contributed by atoms with E-state index in [-0.39, 0.29) is 31.1 Å². The number of rotatable bonds is 6. The third-order valence-corrected chi connectivity index (χ3v) is 4.29. The van der Waals surface area contributed by atoms with Crippen molar-refractivity contribution in [2.75, 3.05) is 6.61 Å². The van der Waals surface area contributed by atoms with Crippen LogP contribution in [0.3, 0.4) is 0 Å². The first-order chi connectivity index (χ1) is 12.6. The molecule has 1 aliphatic heterocycles. The van der Waals surface area contributed by atoms with Crippen LogP contribution in [0.15, 0.2) is 54.6 Å². The molecule has 6 heteroatoms. The van der Waals surface area contributed by atoms with E-state index >= 15 is 0 Å². The molecule has 1 atom stereocenters. The predicted octanol–water partition coefficient (Wildman–Crippen LogP) is 3.90. The summed E-state index contributed by atoms with van der Waals surface area (Å²) < 4.78 is 17.9. The van der Waals surface area contributed by atoms with Crippen LogP contribution < -0.4 is 0 Å². The Bertz CT molecular complexity index is 804. The highest BCUT2D eigenvalue weighted by Crippen LogP contribution is 2.28. The van der Waals surface area contributed by atoms with Gasteiger partial charge in [-0.25, -0.2) is 14.1 Å². The summed E-state index contributed by atoms with van der Waals surface area (Å²) in [6.45, 7) is 0.128. The van der Waals surface area contributed by atoms with Crippen LogP contribution in [-0.4, -0.2) is 29.3 Å². The molecular weight excluding hydrogens is 337 g/mol.